The van der Waals surface area contributed by atoms with Crippen molar-refractivity contribution in [3.05, 3.63) is 145 Å². The molecule has 11 nitrogen and oxygen atoms in total. The number of carbonyl (C=O) groups is 2. The van der Waals surface area contributed by atoms with Crippen molar-refractivity contribution in [1.29, 1.82) is 0 Å². The van der Waals surface area contributed by atoms with Gasteiger partial charge < -0.3 is 14.9 Å². The van der Waals surface area contributed by atoms with Crippen molar-refractivity contribution in [1.82, 2.24) is 19.6 Å². The molecule has 0 bridgehead atoms. The number of benzene rings is 3. The topological polar surface area (TPSA) is 159 Å². The summed E-state index contributed by atoms with van der Waals surface area (Å²) < 4.78 is 8.25. The molecule has 4 N–H and O–H groups in total. The molecule has 0 radical (unpaired) electrons. The van der Waals surface area contributed by atoms with Gasteiger partial charge in [-0.25, -0.2) is 19.0 Å². The number of aryl methyl sites for hydroxylation is 2. The number of carboxylic acid groups (broad SMARTS) is 2. The molecule has 0 fully saturated rings. The Labute approximate surface area is 244 Å². The van der Waals surface area contributed by atoms with Gasteiger partial charge in [0.15, 0.2) is 0 Å². The molecule has 0 aliphatic carbocycles. The summed E-state index contributed by atoms with van der Waals surface area (Å²) in [5, 5.41) is 25.0. The van der Waals surface area contributed by atoms with Gasteiger partial charge in [0.25, 0.3) is 11.1 Å². The van der Waals surface area contributed by atoms with Crippen LogP contribution in [0.25, 0.3) is 11.4 Å². The third kappa shape index (κ3) is 5.43. The van der Waals surface area contributed by atoms with Gasteiger partial charge in [0.1, 0.15) is 12.4 Å². The van der Waals surface area contributed by atoms with E-state index in [1.54, 1.807) is 68.5 Å². The number of aromatic carboxylic acids is 2. The summed E-state index contributed by atoms with van der Waals surface area (Å²) in [4.78, 5) is 51.4. The minimum absolute atomic E-state index is 0.00905. The third-order valence-electron chi connectivity index (χ3n) is 7.07. The molecule has 0 amide bonds. The average molecular weight is 581 g/mol. The third-order valence-corrected chi connectivity index (χ3v) is 7.07. The van der Waals surface area contributed by atoms with E-state index in [1.807, 2.05) is 0 Å². The minimum atomic E-state index is -1.14. The number of aromatic nitrogens is 4. The van der Waals surface area contributed by atoms with Gasteiger partial charge in [-0.05, 0) is 67.9 Å². The molecular weight excluding hydrogens is 552 g/mol. The summed E-state index contributed by atoms with van der Waals surface area (Å²) >= 11 is 0. The lowest BCUT2D eigenvalue weighted by Crippen LogP contribution is -2.25. The lowest BCUT2D eigenvalue weighted by atomic mass is 9.85. The maximum absolute atomic E-state index is 14.1. The predicted molar refractivity (Wildman–Crippen MR) is 159 cm³/mol. The van der Waals surface area contributed by atoms with Crippen LogP contribution in [0, 0.1) is 13.8 Å². The van der Waals surface area contributed by atoms with Crippen LogP contribution in [0.1, 0.15) is 54.7 Å². The van der Waals surface area contributed by atoms with Crippen molar-refractivity contribution in [3.63, 3.8) is 0 Å². The maximum atomic E-state index is 14.1. The van der Waals surface area contributed by atoms with Crippen LogP contribution in [-0.4, -0.2) is 48.3 Å². The monoisotopic (exact) mass is 580 g/mol. The Morgan fingerprint density at radius 3 is 1.77 bits per heavy atom. The SMILES string of the molecule is C=CCOc1cccc(C(c2c(C)[nH]n(-c3cccc(C(=O)O)c3)c2=O)c2c(C)[nH]n(-c3cccc(C(=O)O)c3)c2=O)c1. The van der Waals surface area contributed by atoms with Gasteiger partial charge >= 0.3 is 11.9 Å². The van der Waals surface area contributed by atoms with Crippen LogP contribution in [0.15, 0.2) is 95.0 Å². The van der Waals surface area contributed by atoms with Gasteiger partial charge in [0.2, 0.25) is 0 Å². The number of nitrogens with zero attached hydrogens (tertiary/aromatic N) is 2. The summed E-state index contributed by atoms with van der Waals surface area (Å²) in [6.07, 6.45) is 1.60. The van der Waals surface area contributed by atoms with E-state index < -0.39 is 29.0 Å². The van der Waals surface area contributed by atoms with Gasteiger partial charge in [-0.15, -0.1) is 0 Å². The second kappa shape index (κ2) is 11.6. The molecule has 0 saturated carbocycles. The molecule has 5 aromatic rings. The smallest absolute Gasteiger partial charge is 0.335 e. The normalized spacial score (nSPS) is 11.0. The summed E-state index contributed by atoms with van der Waals surface area (Å²) in [5.74, 6) is -2.65. The molecule has 0 saturated heterocycles. The van der Waals surface area contributed by atoms with Crippen molar-refractivity contribution in [2.24, 2.45) is 0 Å². The number of rotatable bonds is 10. The number of hydrogen-bond acceptors (Lipinski definition) is 5. The second-order valence-electron chi connectivity index (χ2n) is 9.90. The zero-order chi connectivity index (χ0) is 30.8. The number of hydrogen-bond donors (Lipinski definition) is 4. The summed E-state index contributed by atoms with van der Waals surface area (Å²) in [5.41, 5.74) is 1.77. The highest BCUT2D eigenvalue weighted by Crippen LogP contribution is 2.34. The highest BCUT2D eigenvalue weighted by molar-refractivity contribution is 5.88. The van der Waals surface area contributed by atoms with Gasteiger partial charge in [0.05, 0.1) is 33.6 Å². The molecule has 5 rings (SSSR count). The molecule has 0 aliphatic rings. The Morgan fingerprint density at radius 1 is 0.814 bits per heavy atom. The van der Waals surface area contributed by atoms with Crippen LogP contribution < -0.4 is 15.9 Å². The molecule has 0 unspecified atom stereocenters. The Balaban J connectivity index is 1.75. The molecular formula is C32H28N4O7. The van der Waals surface area contributed by atoms with Crippen molar-refractivity contribution in [3.8, 4) is 17.1 Å². The molecule has 2 aromatic heterocycles. The minimum Gasteiger partial charge on any atom is -0.490 e. The molecule has 0 atom stereocenters. The van der Waals surface area contributed by atoms with E-state index in [0.29, 0.717) is 34.1 Å². The van der Waals surface area contributed by atoms with E-state index in [-0.39, 0.29) is 28.9 Å². The summed E-state index contributed by atoms with van der Waals surface area (Å²) in [6.45, 7) is 7.34. The van der Waals surface area contributed by atoms with Crippen molar-refractivity contribution in [2.45, 2.75) is 19.8 Å². The molecule has 218 valence electrons. The molecule has 0 aliphatic heterocycles. The average Bonchev–Trinajstić information content (AvgIpc) is 3.46. The van der Waals surface area contributed by atoms with Crippen LogP contribution in [0.2, 0.25) is 0 Å². The molecule has 3 aromatic carbocycles. The van der Waals surface area contributed by atoms with E-state index in [1.165, 1.54) is 33.6 Å². The summed E-state index contributed by atoms with van der Waals surface area (Å²) in [6, 6.07) is 19.0. The van der Waals surface area contributed by atoms with E-state index in [4.69, 9.17) is 4.74 Å². The fourth-order valence-corrected chi connectivity index (χ4v) is 5.14. The largest absolute Gasteiger partial charge is 0.490 e. The van der Waals surface area contributed by atoms with Gasteiger partial charge in [-0.2, -0.15) is 0 Å². The fraction of sp³-hybridized carbons (Fsp3) is 0.125. The van der Waals surface area contributed by atoms with E-state index >= 15 is 0 Å². The zero-order valence-corrected chi connectivity index (χ0v) is 23.3. The number of nitrogens with one attached hydrogen (secondary N) is 2. The molecule has 2 heterocycles. The van der Waals surface area contributed by atoms with Crippen molar-refractivity contribution >= 4 is 11.9 Å². The maximum Gasteiger partial charge on any atom is 0.335 e. The van der Waals surface area contributed by atoms with Gasteiger partial charge in [-0.3, -0.25) is 19.8 Å². The number of H-pyrrole nitrogens is 2. The van der Waals surface area contributed by atoms with E-state index in [9.17, 15) is 29.4 Å². The van der Waals surface area contributed by atoms with E-state index in [0.717, 1.165) is 0 Å². The van der Waals surface area contributed by atoms with Crippen LogP contribution in [-0.2, 0) is 0 Å². The standard InChI is InChI=1S/C32H28N4O7/c1-4-14-43-25-13-7-8-20(17-25)28(26-18(2)33-35(29(26)37)23-11-5-9-21(15-23)31(39)40)27-19(3)34-36(30(27)38)24-12-6-10-22(16-24)32(41)42/h4-13,15-17,28,33-34H,1,14H2,2-3H3,(H,39,40)(H,41,42). The highest BCUT2D eigenvalue weighted by Gasteiger charge is 2.31. The van der Waals surface area contributed by atoms with Crippen LogP contribution in [0.5, 0.6) is 5.75 Å². The number of aromatic amines is 2. The predicted octanol–water partition coefficient (Wildman–Crippen LogP) is 4.40. The number of carboxylic acids is 2. The zero-order valence-electron chi connectivity index (χ0n) is 23.3. The Bertz CT molecular complexity index is 1880. The van der Waals surface area contributed by atoms with Crippen LogP contribution >= 0.6 is 0 Å². The first-order valence-electron chi connectivity index (χ1n) is 13.2. The van der Waals surface area contributed by atoms with E-state index in [2.05, 4.69) is 16.8 Å². The second-order valence-corrected chi connectivity index (χ2v) is 9.90. The van der Waals surface area contributed by atoms with Gasteiger partial charge in [0, 0.05) is 17.3 Å². The lowest BCUT2D eigenvalue weighted by Gasteiger charge is -2.17. The van der Waals surface area contributed by atoms with Crippen LogP contribution in [0.4, 0.5) is 0 Å². The number of ether oxygens (including phenoxy) is 1. The molecule has 43 heavy (non-hydrogen) atoms. The molecule has 11 heteroatoms. The fourth-order valence-electron chi connectivity index (χ4n) is 5.14. The lowest BCUT2D eigenvalue weighted by molar-refractivity contribution is 0.0686. The molecule has 0 spiro atoms. The highest BCUT2D eigenvalue weighted by atomic mass is 16.5. The Hall–Kier alpha value is -5.84. The first kappa shape index (κ1) is 28.7. The van der Waals surface area contributed by atoms with Crippen molar-refractivity contribution in [2.75, 3.05) is 6.61 Å². The van der Waals surface area contributed by atoms with Crippen LogP contribution in [0.3, 0.4) is 0 Å². The Kier molecular flexibility index (Phi) is 7.72. The Morgan fingerprint density at radius 2 is 1.30 bits per heavy atom. The first-order chi connectivity index (χ1) is 20.6. The van der Waals surface area contributed by atoms with Gasteiger partial charge in [-0.1, -0.05) is 36.9 Å². The quantitative estimate of drug-likeness (QED) is 0.178. The summed E-state index contributed by atoms with van der Waals surface area (Å²) in [7, 11) is 0. The first-order valence-corrected chi connectivity index (χ1v) is 13.2. The van der Waals surface area contributed by atoms with Crippen molar-refractivity contribution < 1.29 is 24.5 Å².